The Morgan fingerprint density at radius 3 is 2.89 bits per heavy atom. The second-order valence-electron chi connectivity index (χ2n) is 4.04. The number of hydrogen-bond acceptors (Lipinski definition) is 2. The Morgan fingerprint density at radius 2 is 2.26 bits per heavy atom. The summed E-state index contributed by atoms with van der Waals surface area (Å²) >= 11 is 12.1. The van der Waals surface area contributed by atoms with Gasteiger partial charge in [0.15, 0.2) is 0 Å². The van der Waals surface area contributed by atoms with Gasteiger partial charge in [0.1, 0.15) is 6.10 Å². The van der Waals surface area contributed by atoms with E-state index in [1.54, 1.807) is 30.7 Å². The van der Waals surface area contributed by atoms with E-state index in [-0.39, 0.29) is 6.10 Å². The standard InChI is InChI=1S/C14H14Cl2N2O/c1-2-7-19-14(9-18-6-5-17-10-18)12-4-3-11(15)8-13(12)16/h2-6,8,10,14H,1,7,9H2/t14-/m1/s1. The first kappa shape index (κ1) is 14.1. The lowest BCUT2D eigenvalue weighted by molar-refractivity contribution is 0.0608. The molecule has 0 amide bonds. The van der Waals surface area contributed by atoms with Crippen LogP contribution in [0.1, 0.15) is 11.7 Å². The SMILES string of the molecule is C=CCO[C@H](Cn1ccnc1)c1ccc(Cl)cc1Cl. The zero-order valence-electron chi connectivity index (χ0n) is 10.3. The summed E-state index contributed by atoms with van der Waals surface area (Å²) in [6.45, 7) is 4.75. The van der Waals surface area contributed by atoms with E-state index in [1.165, 1.54) is 0 Å². The van der Waals surface area contributed by atoms with Gasteiger partial charge < -0.3 is 9.30 Å². The molecule has 1 heterocycles. The van der Waals surface area contributed by atoms with Crippen LogP contribution in [-0.4, -0.2) is 16.2 Å². The number of benzene rings is 1. The van der Waals surface area contributed by atoms with E-state index in [4.69, 9.17) is 27.9 Å². The molecule has 0 aliphatic heterocycles. The average molecular weight is 297 g/mol. The maximum atomic E-state index is 6.23. The third-order valence-electron chi connectivity index (χ3n) is 2.66. The first-order valence-corrected chi connectivity index (χ1v) is 6.59. The van der Waals surface area contributed by atoms with Crippen LogP contribution in [-0.2, 0) is 11.3 Å². The number of hydrogen-bond donors (Lipinski definition) is 0. The van der Waals surface area contributed by atoms with Gasteiger partial charge in [0, 0.05) is 28.0 Å². The highest BCUT2D eigenvalue weighted by Crippen LogP contribution is 2.29. The smallest absolute Gasteiger partial charge is 0.102 e. The molecule has 1 aromatic carbocycles. The zero-order valence-corrected chi connectivity index (χ0v) is 11.8. The summed E-state index contributed by atoms with van der Waals surface area (Å²) in [6, 6.07) is 5.41. The van der Waals surface area contributed by atoms with E-state index < -0.39 is 0 Å². The first-order valence-electron chi connectivity index (χ1n) is 5.84. The van der Waals surface area contributed by atoms with Crippen molar-refractivity contribution in [2.24, 2.45) is 0 Å². The molecule has 2 aromatic rings. The molecule has 0 saturated heterocycles. The molecule has 3 nitrogen and oxygen atoms in total. The predicted molar refractivity (Wildman–Crippen MR) is 77.6 cm³/mol. The largest absolute Gasteiger partial charge is 0.368 e. The van der Waals surface area contributed by atoms with Crippen molar-refractivity contribution in [3.05, 3.63) is 65.2 Å². The summed E-state index contributed by atoms with van der Waals surface area (Å²) in [5.41, 5.74) is 0.904. The van der Waals surface area contributed by atoms with Crippen molar-refractivity contribution in [2.45, 2.75) is 12.6 Å². The number of ether oxygens (including phenoxy) is 1. The minimum Gasteiger partial charge on any atom is -0.368 e. The lowest BCUT2D eigenvalue weighted by Gasteiger charge is -2.19. The number of halogens is 2. The molecule has 0 fully saturated rings. The van der Waals surface area contributed by atoms with Gasteiger partial charge >= 0.3 is 0 Å². The molecule has 1 atom stereocenters. The predicted octanol–water partition coefficient (Wildman–Crippen LogP) is 4.13. The molecule has 0 bridgehead atoms. The second kappa shape index (κ2) is 6.75. The van der Waals surface area contributed by atoms with Gasteiger partial charge in [0.25, 0.3) is 0 Å². The molecule has 0 radical (unpaired) electrons. The van der Waals surface area contributed by atoms with Crippen LogP contribution in [0.4, 0.5) is 0 Å². The van der Waals surface area contributed by atoms with E-state index in [9.17, 15) is 0 Å². The third-order valence-corrected chi connectivity index (χ3v) is 3.22. The second-order valence-corrected chi connectivity index (χ2v) is 4.88. The monoisotopic (exact) mass is 296 g/mol. The van der Waals surface area contributed by atoms with Crippen molar-refractivity contribution in [1.82, 2.24) is 9.55 Å². The van der Waals surface area contributed by atoms with Gasteiger partial charge in [-0.1, -0.05) is 35.3 Å². The maximum absolute atomic E-state index is 6.23. The fourth-order valence-electron chi connectivity index (χ4n) is 1.77. The highest BCUT2D eigenvalue weighted by molar-refractivity contribution is 6.35. The Morgan fingerprint density at radius 1 is 1.42 bits per heavy atom. The van der Waals surface area contributed by atoms with Crippen molar-refractivity contribution >= 4 is 23.2 Å². The highest BCUT2D eigenvalue weighted by atomic mass is 35.5. The molecule has 0 saturated carbocycles. The molecule has 0 spiro atoms. The van der Waals surface area contributed by atoms with E-state index in [2.05, 4.69) is 11.6 Å². The van der Waals surface area contributed by atoms with E-state index in [1.807, 2.05) is 16.8 Å². The van der Waals surface area contributed by atoms with Crippen LogP contribution < -0.4 is 0 Å². The number of aromatic nitrogens is 2. The zero-order chi connectivity index (χ0) is 13.7. The van der Waals surface area contributed by atoms with Crippen molar-refractivity contribution in [2.75, 3.05) is 6.61 Å². The number of nitrogens with zero attached hydrogens (tertiary/aromatic N) is 2. The van der Waals surface area contributed by atoms with Crippen LogP contribution in [0.2, 0.25) is 10.0 Å². The normalized spacial score (nSPS) is 12.3. The summed E-state index contributed by atoms with van der Waals surface area (Å²) in [5, 5.41) is 1.21. The quantitative estimate of drug-likeness (QED) is 0.749. The van der Waals surface area contributed by atoms with Gasteiger partial charge in [-0.05, 0) is 12.1 Å². The Balaban J connectivity index is 2.22. The van der Waals surface area contributed by atoms with E-state index in [0.29, 0.717) is 23.2 Å². The lowest BCUT2D eigenvalue weighted by Crippen LogP contribution is -2.12. The molecule has 5 heteroatoms. The summed E-state index contributed by atoms with van der Waals surface area (Å²) in [4.78, 5) is 4.02. The van der Waals surface area contributed by atoms with Crippen molar-refractivity contribution in [1.29, 1.82) is 0 Å². The number of imidazole rings is 1. The summed E-state index contributed by atoms with van der Waals surface area (Å²) in [5.74, 6) is 0. The fourth-order valence-corrected chi connectivity index (χ4v) is 2.30. The molecule has 0 aliphatic rings. The highest BCUT2D eigenvalue weighted by Gasteiger charge is 2.16. The first-order chi connectivity index (χ1) is 9.20. The van der Waals surface area contributed by atoms with E-state index in [0.717, 1.165) is 5.56 Å². The summed E-state index contributed by atoms with van der Waals surface area (Å²) in [6.07, 6.45) is 6.90. The van der Waals surface area contributed by atoms with Crippen LogP contribution in [0.5, 0.6) is 0 Å². The third kappa shape index (κ3) is 3.83. The Hall–Kier alpha value is -1.29. The Kier molecular flexibility index (Phi) is 5.02. The fraction of sp³-hybridized carbons (Fsp3) is 0.214. The molecule has 2 rings (SSSR count). The molecular formula is C14H14Cl2N2O. The van der Waals surface area contributed by atoms with Crippen LogP contribution in [0.15, 0.2) is 49.6 Å². The van der Waals surface area contributed by atoms with Crippen LogP contribution in [0.25, 0.3) is 0 Å². The maximum Gasteiger partial charge on any atom is 0.102 e. The molecule has 19 heavy (non-hydrogen) atoms. The molecular weight excluding hydrogens is 283 g/mol. The molecule has 100 valence electrons. The Labute approximate surface area is 122 Å². The summed E-state index contributed by atoms with van der Waals surface area (Å²) < 4.78 is 7.72. The van der Waals surface area contributed by atoms with Crippen molar-refractivity contribution in [3.8, 4) is 0 Å². The van der Waals surface area contributed by atoms with Crippen LogP contribution in [0.3, 0.4) is 0 Å². The van der Waals surface area contributed by atoms with Gasteiger partial charge in [0.2, 0.25) is 0 Å². The van der Waals surface area contributed by atoms with Crippen molar-refractivity contribution in [3.63, 3.8) is 0 Å². The molecule has 0 N–H and O–H groups in total. The van der Waals surface area contributed by atoms with E-state index >= 15 is 0 Å². The topological polar surface area (TPSA) is 27.1 Å². The van der Waals surface area contributed by atoms with Gasteiger partial charge in [-0.3, -0.25) is 0 Å². The van der Waals surface area contributed by atoms with Gasteiger partial charge in [-0.15, -0.1) is 6.58 Å². The van der Waals surface area contributed by atoms with Gasteiger partial charge in [-0.25, -0.2) is 4.98 Å². The molecule has 0 aliphatic carbocycles. The summed E-state index contributed by atoms with van der Waals surface area (Å²) in [7, 11) is 0. The van der Waals surface area contributed by atoms with Crippen LogP contribution in [0, 0.1) is 0 Å². The molecule has 0 unspecified atom stereocenters. The average Bonchev–Trinajstić information content (AvgIpc) is 2.88. The lowest BCUT2D eigenvalue weighted by atomic mass is 10.1. The molecule has 1 aromatic heterocycles. The van der Waals surface area contributed by atoms with Gasteiger partial charge in [-0.2, -0.15) is 0 Å². The minimum absolute atomic E-state index is 0.169. The van der Waals surface area contributed by atoms with Crippen molar-refractivity contribution < 1.29 is 4.74 Å². The Bertz CT molecular complexity index is 540. The number of rotatable bonds is 6. The minimum atomic E-state index is -0.169. The van der Waals surface area contributed by atoms with Gasteiger partial charge in [0.05, 0.1) is 19.5 Å². The van der Waals surface area contributed by atoms with Crippen LogP contribution >= 0.6 is 23.2 Å².